The lowest BCUT2D eigenvalue weighted by Gasteiger charge is -2.04. The number of aliphatic hydroxyl groups excluding tert-OH is 1. The van der Waals surface area contributed by atoms with Crippen LogP contribution in [-0.2, 0) is 18.0 Å². The van der Waals surface area contributed by atoms with E-state index >= 15 is 0 Å². The second-order valence-corrected chi connectivity index (χ2v) is 5.27. The average molecular weight is 303 g/mol. The second kappa shape index (κ2) is 6.08. The first-order valence-electron chi connectivity index (χ1n) is 6.26. The smallest absolute Gasteiger partial charge is 0.234 e. The summed E-state index contributed by atoms with van der Waals surface area (Å²) in [6.07, 6.45) is 0. The summed E-state index contributed by atoms with van der Waals surface area (Å²) in [5.74, 6) is 0. The molecule has 1 N–H and O–H groups in total. The monoisotopic (exact) mass is 303 g/mol. The highest BCUT2D eigenvalue weighted by molar-refractivity contribution is 7.13. The summed E-state index contributed by atoms with van der Waals surface area (Å²) in [5.41, 5.74) is 2.14. The van der Waals surface area contributed by atoms with Gasteiger partial charge in [-0.25, -0.2) is 0 Å². The second-order valence-electron chi connectivity index (χ2n) is 4.23. The molecule has 0 aliphatic heterocycles. The molecule has 7 nitrogen and oxygen atoms in total. The van der Waals surface area contributed by atoms with E-state index in [2.05, 4.69) is 20.5 Å². The number of hydrogen-bond donors (Lipinski definition) is 1. The fourth-order valence-corrected chi connectivity index (χ4v) is 2.72. The van der Waals surface area contributed by atoms with Crippen LogP contribution in [-0.4, -0.2) is 37.4 Å². The van der Waals surface area contributed by atoms with E-state index in [1.807, 2.05) is 30.3 Å². The first-order chi connectivity index (χ1) is 10.3. The molecule has 0 unspecified atom stereocenters. The summed E-state index contributed by atoms with van der Waals surface area (Å²) >= 11 is 1.37. The van der Waals surface area contributed by atoms with Gasteiger partial charge in [0.05, 0.1) is 6.61 Å². The van der Waals surface area contributed by atoms with Crippen LogP contribution in [0.1, 0.15) is 10.7 Å². The Morgan fingerprint density at radius 3 is 2.71 bits per heavy atom. The number of methoxy groups -OCH3 is 1. The van der Waals surface area contributed by atoms with Crippen molar-refractivity contribution >= 4 is 11.3 Å². The van der Waals surface area contributed by atoms with E-state index in [1.165, 1.54) is 11.3 Å². The Bertz CT molecular complexity index is 725. The zero-order valence-electron chi connectivity index (χ0n) is 11.3. The van der Waals surface area contributed by atoms with Gasteiger partial charge in [0, 0.05) is 12.7 Å². The predicted molar refractivity (Wildman–Crippen MR) is 76.9 cm³/mol. The zero-order valence-corrected chi connectivity index (χ0v) is 12.1. The number of aromatic nitrogens is 5. The number of hydrogen-bond acceptors (Lipinski definition) is 7. The molecule has 2 heterocycles. The van der Waals surface area contributed by atoms with Crippen molar-refractivity contribution in [3.8, 4) is 16.4 Å². The Balaban J connectivity index is 2.08. The number of ether oxygens (including phenoxy) is 1. The molecular formula is C13H13N5O2S. The molecule has 3 rings (SSSR count). The molecular weight excluding hydrogens is 290 g/mol. The third-order valence-electron chi connectivity index (χ3n) is 2.84. The summed E-state index contributed by atoms with van der Waals surface area (Å²) < 4.78 is 6.64. The summed E-state index contributed by atoms with van der Waals surface area (Å²) in [5, 5.41) is 27.1. The van der Waals surface area contributed by atoms with Crippen LogP contribution in [0.2, 0.25) is 0 Å². The third-order valence-corrected chi connectivity index (χ3v) is 3.71. The van der Waals surface area contributed by atoms with Crippen molar-refractivity contribution in [1.82, 2.24) is 25.2 Å². The van der Waals surface area contributed by atoms with Crippen molar-refractivity contribution < 1.29 is 9.84 Å². The minimum atomic E-state index is -0.187. The summed E-state index contributed by atoms with van der Waals surface area (Å²) in [6, 6.07) is 9.64. The van der Waals surface area contributed by atoms with Gasteiger partial charge in [-0.15, -0.1) is 15.3 Å². The summed E-state index contributed by atoms with van der Waals surface area (Å²) in [6.45, 7) is 0.216. The average Bonchev–Trinajstić information content (AvgIpc) is 3.14. The van der Waals surface area contributed by atoms with Gasteiger partial charge in [-0.05, 0) is 0 Å². The number of rotatable bonds is 5. The Labute approximate surface area is 124 Å². The Morgan fingerprint density at radius 1 is 1.19 bits per heavy atom. The van der Waals surface area contributed by atoms with E-state index in [0.717, 1.165) is 16.3 Å². The summed E-state index contributed by atoms with van der Waals surface area (Å²) in [4.78, 5) is 0. The lowest BCUT2D eigenvalue weighted by atomic mass is 10.1. The first-order valence-corrected chi connectivity index (χ1v) is 7.07. The fourth-order valence-electron chi connectivity index (χ4n) is 1.95. The van der Waals surface area contributed by atoms with Crippen LogP contribution in [0, 0.1) is 0 Å². The van der Waals surface area contributed by atoms with Crippen molar-refractivity contribution in [1.29, 1.82) is 0 Å². The van der Waals surface area contributed by atoms with Crippen molar-refractivity contribution in [2.24, 2.45) is 0 Å². The van der Waals surface area contributed by atoms with Gasteiger partial charge in [0.15, 0.2) is 0 Å². The zero-order chi connectivity index (χ0) is 14.7. The molecule has 0 atom stereocenters. The molecule has 0 radical (unpaired) electrons. The van der Waals surface area contributed by atoms with Crippen molar-refractivity contribution in [3.63, 3.8) is 0 Å². The maximum Gasteiger partial charge on any atom is 0.234 e. The molecule has 0 spiro atoms. The fraction of sp³-hybridized carbons (Fsp3) is 0.231. The van der Waals surface area contributed by atoms with E-state index in [4.69, 9.17) is 4.74 Å². The Morgan fingerprint density at radius 2 is 2.00 bits per heavy atom. The van der Waals surface area contributed by atoms with Crippen LogP contribution in [0.4, 0.5) is 0 Å². The van der Waals surface area contributed by atoms with E-state index in [-0.39, 0.29) is 6.61 Å². The molecule has 21 heavy (non-hydrogen) atoms. The van der Waals surface area contributed by atoms with Crippen LogP contribution < -0.4 is 0 Å². The van der Waals surface area contributed by atoms with E-state index in [0.29, 0.717) is 17.4 Å². The molecule has 1 aromatic carbocycles. The van der Waals surface area contributed by atoms with Gasteiger partial charge in [-0.2, -0.15) is 4.68 Å². The minimum absolute atomic E-state index is 0.187. The molecule has 0 bridgehead atoms. The van der Waals surface area contributed by atoms with Crippen LogP contribution in [0.3, 0.4) is 0 Å². The first kappa shape index (κ1) is 13.8. The molecule has 0 fully saturated rings. The van der Waals surface area contributed by atoms with Gasteiger partial charge in [-0.1, -0.05) is 46.9 Å². The maximum atomic E-state index is 9.46. The van der Waals surface area contributed by atoms with Gasteiger partial charge >= 0.3 is 0 Å². The molecule has 2 aromatic heterocycles. The SMILES string of the molecule is COCc1nnc(-n2nnc(CO)c2-c2ccccc2)s1. The standard InChI is InChI=1S/C13H13N5O2S/c1-20-8-11-15-16-13(21-11)18-12(10(7-19)14-17-18)9-5-3-2-4-6-9/h2-6,19H,7-8H2,1H3. The molecule has 0 aliphatic carbocycles. The normalized spacial score (nSPS) is 11.0. The lowest BCUT2D eigenvalue weighted by molar-refractivity contribution is 0.184. The quantitative estimate of drug-likeness (QED) is 0.767. The number of nitrogens with zero attached hydrogens (tertiary/aromatic N) is 5. The van der Waals surface area contributed by atoms with Gasteiger partial charge < -0.3 is 9.84 Å². The van der Waals surface area contributed by atoms with Gasteiger partial charge in [-0.3, -0.25) is 0 Å². The van der Waals surface area contributed by atoms with Crippen molar-refractivity contribution in [3.05, 3.63) is 41.0 Å². The van der Waals surface area contributed by atoms with Gasteiger partial charge in [0.25, 0.3) is 0 Å². The number of aliphatic hydroxyl groups is 1. The van der Waals surface area contributed by atoms with Crippen LogP contribution in [0.5, 0.6) is 0 Å². The molecule has 3 aromatic rings. The van der Waals surface area contributed by atoms with Crippen LogP contribution in [0.25, 0.3) is 16.4 Å². The minimum Gasteiger partial charge on any atom is -0.390 e. The van der Waals surface area contributed by atoms with Crippen LogP contribution >= 0.6 is 11.3 Å². The highest BCUT2D eigenvalue weighted by atomic mass is 32.1. The summed E-state index contributed by atoms with van der Waals surface area (Å²) in [7, 11) is 1.61. The van der Waals surface area contributed by atoms with Crippen molar-refractivity contribution in [2.45, 2.75) is 13.2 Å². The highest BCUT2D eigenvalue weighted by Crippen LogP contribution is 2.26. The topological polar surface area (TPSA) is 86.0 Å². The molecule has 0 saturated heterocycles. The van der Waals surface area contributed by atoms with Gasteiger partial charge in [0.2, 0.25) is 5.13 Å². The van der Waals surface area contributed by atoms with E-state index in [9.17, 15) is 5.11 Å². The molecule has 0 aliphatic rings. The molecule has 0 saturated carbocycles. The van der Waals surface area contributed by atoms with E-state index < -0.39 is 0 Å². The molecule has 8 heteroatoms. The largest absolute Gasteiger partial charge is 0.390 e. The Hall–Kier alpha value is -2.16. The predicted octanol–water partition coefficient (Wildman–Crippen LogP) is 1.42. The van der Waals surface area contributed by atoms with Crippen molar-refractivity contribution in [2.75, 3.05) is 7.11 Å². The Kier molecular flexibility index (Phi) is 4.00. The van der Waals surface area contributed by atoms with Gasteiger partial charge in [0.1, 0.15) is 23.0 Å². The van der Waals surface area contributed by atoms with Crippen LogP contribution in [0.15, 0.2) is 30.3 Å². The molecule has 0 amide bonds. The highest BCUT2D eigenvalue weighted by Gasteiger charge is 2.18. The number of benzene rings is 1. The van der Waals surface area contributed by atoms with E-state index in [1.54, 1.807) is 11.8 Å². The maximum absolute atomic E-state index is 9.46. The lowest BCUT2D eigenvalue weighted by Crippen LogP contribution is -1.99. The molecule has 108 valence electrons. The third kappa shape index (κ3) is 2.68.